The Morgan fingerprint density at radius 3 is 2.04 bits per heavy atom. The van der Waals surface area contributed by atoms with Gasteiger partial charge < -0.3 is 4.74 Å². The first kappa shape index (κ1) is 17.7. The van der Waals surface area contributed by atoms with E-state index in [0.29, 0.717) is 18.3 Å². The Morgan fingerprint density at radius 2 is 1.58 bits per heavy atom. The minimum absolute atomic E-state index is 0.0649. The van der Waals surface area contributed by atoms with Crippen LogP contribution < -0.4 is 0 Å². The average molecular weight is 350 g/mol. The van der Waals surface area contributed by atoms with Gasteiger partial charge in [0.15, 0.2) is 11.5 Å². The molecule has 0 fully saturated rings. The quantitative estimate of drug-likeness (QED) is 0.608. The lowest BCUT2D eigenvalue weighted by Gasteiger charge is -2.12. The van der Waals surface area contributed by atoms with Gasteiger partial charge in [0.25, 0.3) is 0 Å². The van der Waals surface area contributed by atoms with Crippen molar-refractivity contribution in [2.75, 3.05) is 7.11 Å². The zero-order valence-electron chi connectivity index (χ0n) is 11.9. The van der Waals surface area contributed by atoms with Crippen LogP contribution in [0.5, 0.6) is 0 Å². The molecule has 2 rings (SSSR count). The number of ether oxygens (including phenoxy) is 1. The van der Waals surface area contributed by atoms with E-state index in [1.807, 2.05) is 0 Å². The normalized spacial score (nSPS) is 12.1. The van der Waals surface area contributed by atoms with Gasteiger partial charge in [-0.3, -0.25) is 0 Å². The van der Waals surface area contributed by atoms with Gasteiger partial charge in [0.05, 0.1) is 12.7 Å². The zero-order valence-corrected chi connectivity index (χ0v) is 11.9. The maximum absolute atomic E-state index is 13.0. The second kappa shape index (κ2) is 6.10. The van der Waals surface area contributed by atoms with Crippen LogP contribution >= 0.6 is 0 Å². The third-order valence-corrected chi connectivity index (χ3v) is 2.93. The van der Waals surface area contributed by atoms with Gasteiger partial charge in [-0.1, -0.05) is 12.1 Å². The molecule has 1 heterocycles. The molecule has 0 unspecified atom stereocenters. The molecular weight excluding hydrogens is 342 g/mol. The number of rotatable bonds is 2. The number of carbonyl (C=O) groups is 1. The monoisotopic (exact) mass is 350 g/mol. The lowest BCUT2D eigenvalue weighted by Crippen LogP contribution is -2.17. The van der Waals surface area contributed by atoms with Gasteiger partial charge in [-0.25, -0.2) is 14.8 Å². The number of methoxy groups -OCH3 is 1. The number of alkyl halides is 6. The second-order valence-corrected chi connectivity index (χ2v) is 4.52. The molecule has 0 atom stereocenters. The molecule has 0 radical (unpaired) electrons. The van der Waals surface area contributed by atoms with Crippen molar-refractivity contribution in [1.29, 1.82) is 0 Å². The van der Waals surface area contributed by atoms with Crippen LogP contribution in [0.1, 0.15) is 21.6 Å². The maximum atomic E-state index is 13.0. The first-order chi connectivity index (χ1) is 11.0. The zero-order chi connectivity index (χ0) is 18.1. The fraction of sp³-hybridized carbons (Fsp3) is 0.214. The summed E-state index contributed by atoms with van der Waals surface area (Å²) in [4.78, 5) is 18.2. The van der Waals surface area contributed by atoms with Crippen molar-refractivity contribution in [3.63, 3.8) is 0 Å². The van der Waals surface area contributed by atoms with Crippen molar-refractivity contribution in [1.82, 2.24) is 9.97 Å². The van der Waals surface area contributed by atoms with Crippen LogP contribution in [0.3, 0.4) is 0 Å². The van der Waals surface area contributed by atoms with Gasteiger partial charge in [-0.2, -0.15) is 26.3 Å². The van der Waals surface area contributed by atoms with Crippen molar-refractivity contribution in [2.24, 2.45) is 0 Å². The number of nitrogens with zero attached hydrogens (tertiary/aromatic N) is 2. The van der Waals surface area contributed by atoms with Gasteiger partial charge in [-0.15, -0.1) is 0 Å². The average Bonchev–Trinajstić information content (AvgIpc) is 2.52. The SMILES string of the molecule is COC(=O)c1cnc(-c2ccc(C(F)(F)F)cc2)nc1C(F)(F)F. The molecule has 10 heteroatoms. The van der Waals surface area contributed by atoms with Gasteiger partial charge >= 0.3 is 18.3 Å². The number of esters is 1. The first-order valence-corrected chi connectivity index (χ1v) is 6.24. The maximum Gasteiger partial charge on any atom is 0.434 e. The molecule has 0 saturated carbocycles. The summed E-state index contributed by atoms with van der Waals surface area (Å²) in [5.74, 6) is -1.75. The highest BCUT2D eigenvalue weighted by atomic mass is 19.4. The Kier molecular flexibility index (Phi) is 4.50. The van der Waals surface area contributed by atoms with E-state index in [2.05, 4.69) is 14.7 Å². The van der Waals surface area contributed by atoms with E-state index in [1.54, 1.807) is 0 Å². The lowest BCUT2D eigenvalue weighted by molar-refractivity contribution is -0.141. The van der Waals surface area contributed by atoms with Gasteiger partial charge in [0.1, 0.15) is 5.56 Å². The van der Waals surface area contributed by atoms with Crippen LogP contribution in [0.25, 0.3) is 11.4 Å². The van der Waals surface area contributed by atoms with Crippen molar-refractivity contribution in [2.45, 2.75) is 12.4 Å². The van der Waals surface area contributed by atoms with E-state index in [0.717, 1.165) is 19.2 Å². The van der Waals surface area contributed by atoms with Gasteiger partial charge in [0.2, 0.25) is 0 Å². The van der Waals surface area contributed by atoms with E-state index in [-0.39, 0.29) is 5.56 Å². The molecule has 2 aromatic rings. The Labute approximate surface area is 131 Å². The summed E-state index contributed by atoms with van der Waals surface area (Å²) in [5, 5.41) is 0. The van der Waals surface area contributed by atoms with Crippen molar-refractivity contribution < 1.29 is 35.9 Å². The van der Waals surface area contributed by atoms with Crippen LogP contribution in [0.15, 0.2) is 30.5 Å². The Bertz CT molecular complexity index is 753. The molecule has 1 aromatic heterocycles. The summed E-state index contributed by atoms with van der Waals surface area (Å²) in [5.41, 5.74) is -3.45. The summed E-state index contributed by atoms with van der Waals surface area (Å²) < 4.78 is 80.7. The number of carbonyl (C=O) groups excluding carboxylic acids is 1. The molecule has 0 bridgehead atoms. The van der Waals surface area contributed by atoms with Crippen LogP contribution in [0.4, 0.5) is 26.3 Å². The fourth-order valence-corrected chi connectivity index (χ4v) is 1.80. The number of aromatic nitrogens is 2. The highest BCUT2D eigenvalue weighted by molar-refractivity contribution is 5.90. The highest BCUT2D eigenvalue weighted by Gasteiger charge is 2.38. The van der Waals surface area contributed by atoms with Crippen molar-refractivity contribution in [3.8, 4) is 11.4 Å². The molecule has 0 aliphatic rings. The molecule has 0 amide bonds. The van der Waals surface area contributed by atoms with Gasteiger partial charge in [0, 0.05) is 11.8 Å². The molecule has 0 spiro atoms. The second-order valence-electron chi connectivity index (χ2n) is 4.52. The summed E-state index contributed by atoms with van der Waals surface area (Å²) >= 11 is 0. The summed E-state index contributed by atoms with van der Waals surface area (Å²) in [6.45, 7) is 0. The minimum Gasteiger partial charge on any atom is -0.465 e. The molecule has 4 nitrogen and oxygen atoms in total. The van der Waals surface area contributed by atoms with Crippen LogP contribution in [-0.4, -0.2) is 23.0 Å². The molecular formula is C14H8F6N2O2. The molecule has 24 heavy (non-hydrogen) atoms. The van der Waals surface area contributed by atoms with Crippen molar-refractivity contribution >= 4 is 5.97 Å². The molecule has 128 valence electrons. The Morgan fingerprint density at radius 1 is 1.00 bits per heavy atom. The highest BCUT2D eigenvalue weighted by Crippen LogP contribution is 2.33. The number of hydrogen-bond donors (Lipinski definition) is 0. The number of benzene rings is 1. The van der Waals surface area contributed by atoms with Crippen LogP contribution in [0.2, 0.25) is 0 Å². The van der Waals surface area contributed by atoms with Gasteiger partial charge in [-0.05, 0) is 12.1 Å². The standard InChI is InChI=1S/C14H8F6N2O2/c1-24-12(23)9-6-21-11(22-10(9)14(18,19)20)7-2-4-8(5-3-7)13(15,16)17/h2-6H,1H3. The van der Waals surface area contributed by atoms with E-state index in [1.165, 1.54) is 0 Å². The van der Waals surface area contributed by atoms with Crippen LogP contribution in [0, 0.1) is 0 Å². The molecule has 0 aliphatic heterocycles. The van der Waals surface area contributed by atoms with E-state index < -0.39 is 41.0 Å². The third-order valence-electron chi connectivity index (χ3n) is 2.93. The Balaban J connectivity index is 2.51. The predicted molar refractivity (Wildman–Crippen MR) is 68.8 cm³/mol. The summed E-state index contributed by atoms with van der Waals surface area (Å²) in [6, 6.07) is 3.27. The van der Waals surface area contributed by atoms with E-state index in [4.69, 9.17) is 0 Å². The molecule has 0 N–H and O–H groups in total. The van der Waals surface area contributed by atoms with E-state index >= 15 is 0 Å². The minimum atomic E-state index is -4.97. The summed E-state index contributed by atoms with van der Waals surface area (Å²) in [7, 11) is 0.895. The van der Waals surface area contributed by atoms with Crippen molar-refractivity contribution in [3.05, 3.63) is 47.3 Å². The molecule has 1 aromatic carbocycles. The lowest BCUT2D eigenvalue weighted by atomic mass is 10.1. The summed E-state index contributed by atoms with van der Waals surface area (Å²) in [6.07, 6.45) is -8.92. The molecule has 0 saturated heterocycles. The van der Waals surface area contributed by atoms with Crippen LogP contribution in [-0.2, 0) is 17.1 Å². The third kappa shape index (κ3) is 3.63. The first-order valence-electron chi connectivity index (χ1n) is 6.24. The smallest absolute Gasteiger partial charge is 0.434 e. The number of hydrogen-bond acceptors (Lipinski definition) is 4. The Hall–Kier alpha value is -2.65. The predicted octanol–water partition coefficient (Wildman–Crippen LogP) is 3.97. The van der Waals surface area contributed by atoms with E-state index in [9.17, 15) is 31.1 Å². The topological polar surface area (TPSA) is 52.1 Å². The fourth-order valence-electron chi connectivity index (χ4n) is 1.80. The molecule has 0 aliphatic carbocycles. The largest absolute Gasteiger partial charge is 0.465 e. The number of halogens is 6.